The van der Waals surface area contributed by atoms with Crippen molar-refractivity contribution in [1.82, 2.24) is 0 Å². The summed E-state index contributed by atoms with van der Waals surface area (Å²) in [4.78, 5) is 25.4. The topological polar surface area (TPSA) is 66.8 Å². The molecule has 1 saturated heterocycles. The number of amides is 1. The molecule has 1 amide bonds. The molecule has 1 aliphatic heterocycles. The molecule has 1 aliphatic rings. The molecule has 0 saturated carbocycles. The highest BCUT2D eigenvalue weighted by Crippen LogP contribution is 2.45. The quantitative estimate of drug-likeness (QED) is 0.524. The van der Waals surface area contributed by atoms with Crippen molar-refractivity contribution in [2.45, 2.75) is 25.5 Å². The summed E-state index contributed by atoms with van der Waals surface area (Å²) in [6.45, 7) is 0.449. The van der Waals surface area contributed by atoms with Crippen LogP contribution in [0.15, 0.2) is 78.9 Å². The van der Waals surface area contributed by atoms with Gasteiger partial charge < -0.3 is 14.7 Å². The number of hydrogen-bond donors (Lipinski definition) is 1. The minimum atomic E-state index is -0.934. The van der Waals surface area contributed by atoms with Gasteiger partial charge in [-0.3, -0.25) is 9.59 Å². The Morgan fingerprint density at radius 1 is 0.968 bits per heavy atom. The van der Waals surface area contributed by atoms with Crippen LogP contribution in [0.4, 0.5) is 10.1 Å². The number of carbonyl (C=O) groups is 2. The fraction of sp³-hybridized carbons (Fsp3) is 0.200. The first-order valence-corrected chi connectivity index (χ1v) is 10.1. The molecule has 0 radical (unpaired) electrons. The normalized spacial score (nSPS) is 17.8. The first kappa shape index (κ1) is 20.6. The number of aliphatic carboxylic acids is 1. The predicted molar refractivity (Wildman–Crippen MR) is 114 cm³/mol. The van der Waals surface area contributed by atoms with Crippen molar-refractivity contribution in [1.29, 1.82) is 0 Å². The Morgan fingerprint density at radius 3 is 2.29 bits per heavy atom. The Hall–Kier alpha value is -3.67. The molecule has 2 atom stereocenters. The number of nitrogens with zero attached hydrogens (tertiary/aromatic N) is 1. The third-order valence-electron chi connectivity index (χ3n) is 5.46. The second-order valence-electron chi connectivity index (χ2n) is 7.51. The molecule has 1 fully saturated rings. The summed E-state index contributed by atoms with van der Waals surface area (Å²) in [6.07, 6.45) is 0.172. The van der Waals surface area contributed by atoms with Gasteiger partial charge in [-0.2, -0.15) is 0 Å². The number of benzene rings is 3. The molecule has 1 unspecified atom stereocenters. The molecule has 4 rings (SSSR count). The minimum absolute atomic E-state index is 0.0809. The number of β-lactam (4-membered cyclic amide) rings is 1. The maximum atomic E-state index is 13.3. The maximum Gasteiger partial charge on any atom is 0.303 e. The van der Waals surface area contributed by atoms with Crippen molar-refractivity contribution in [3.63, 3.8) is 0 Å². The van der Waals surface area contributed by atoms with Gasteiger partial charge in [0.2, 0.25) is 5.91 Å². The maximum absolute atomic E-state index is 13.3. The van der Waals surface area contributed by atoms with Gasteiger partial charge in [-0.25, -0.2) is 4.39 Å². The van der Waals surface area contributed by atoms with Crippen molar-refractivity contribution < 1.29 is 23.8 Å². The first-order valence-electron chi connectivity index (χ1n) is 10.1. The van der Waals surface area contributed by atoms with E-state index in [0.717, 1.165) is 11.1 Å². The summed E-state index contributed by atoms with van der Waals surface area (Å²) < 4.78 is 19.2. The molecule has 0 spiro atoms. The summed E-state index contributed by atoms with van der Waals surface area (Å²) in [5.74, 6) is -1.19. The highest BCUT2D eigenvalue weighted by Gasteiger charge is 2.48. The molecule has 5 nitrogen and oxygen atoms in total. The van der Waals surface area contributed by atoms with E-state index >= 15 is 0 Å². The van der Waals surface area contributed by atoms with E-state index in [9.17, 15) is 14.0 Å². The molecule has 3 aromatic carbocycles. The monoisotopic (exact) mass is 419 g/mol. The summed E-state index contributed by atoms with van der Waals surface area (Å²) >= 11 is 0. The third kappa shape index (κ3) is 4.58. The smallest absolute Gasteiger partial charge is 0.303 e. The molecular weight excluding hydrogens is 397 g/mol. The van der Waals surface area contributed by atoms with Crippen molar-refractivity contribution in [3.05, 3.63) is 95.8 Å². The van der Waals surface area contributed by atoms with E-state index in [1.54, 1.807) is 17.0 Å². The van der Waals surface area contributed by atoms with E-state index in [1.807, 2.05) is 54.6 Å². The number of carboxylic acid groups (broad SMARTS) is 1. The highest BCUT2D eigenvalue weighted by atomic mass is 19.1. The number of hydrogen-bond acceptors (Lipinski definition) is 3. The molecule has 158 valence electrons. The van der Waals surface area contributed by atoms with E-state index in [4.69, 9.17) is 9.84 Å². The minimum Gasteiger partial charge on any atom is -0.489 e. The number of rotatable bonds is 8. The number of carbonyl (C=O) groups excluding carboxylic acids is 1. The van der Waals surface area contributed by atoms with Gasteiger partial charge in [0.1, 0.15) is 18.2 Å². The van der Waals surface area contributed by atoms with Crippen LogP contribution in [0, 0.1) is 11.7 Å². The number of carboxylic acids is 1. The second kappa shape index (κ2) is 9.00. The zero-order valence-corrected chi connectivity index (χ0v) is 16.8. The van der Waals surface area contributed by atoms with Crippen molar-refractivity contribution in [2.24, 2.45) is 5.92 Å². The van der Waals surface area contributed by atoms with Crippen molar-refractivity contribution >= 4 is 17.6 Å². The SMILES string of the molecule is O=C(O)CCC1C(=O)N(c2ccc(F)cc2)[C@@H]1c1ccc(OCc2ccccc2)cc1. The van der Waals surface area contributed by atoms with Gasteiger partial charge in [0.15, 0.2) is 0 Å². The Labute approximate surface area is 179 Å². The van der Waals surface area contributed by atoms with Crippen LogP contribution in [0.1, 0.15) is 30.0 Å². The fourth-order valence-corrected chi connectivity index (χ4v) is 3.88. The molecule has 1 heterocycles. The van der Waals surface area contributed by atoms with Crippen LogP contribution >= 0.6 is 0 Å². The van der Waals surface area contributed by atoms with Gasteiger partial charge in [-0.1, -0.05) is 42.5 Å². The number of ether oxygens (including phenoxy) is 1. The zero-order chi connectivity index (χ0) is 21.8. The fourth-order valence-electron chi connectivity index (χ4n) is 3.88. The molecular formula is C25H22FNO4. The van der Waals surface area contributed by atoms with Gasteiger partial charge in [-0.05, 0) is 53.9 Å². The Morgan fingerprint density at radius 2 is 1.65 bits per heavy atom. The Bertz CT molecular complexity index is 1050. The average Bonchev–Trinajstić information content (AvgIpc) is 2.78. The summed E-state index contributed by atoms with van der Waals surface area (Å²) in [5, 5.41) is 9.04. The third-order valence-corrected chi connectivity index (χ3v) is 5.46. The molecule has 3 aromatic rings. The van der Waals surface area contributed by atoms with Gasteiger partial charge >= 0.3 is 5.97 Å². The zero-order valence-electron chi connectivity index (χ0n) is 16.8. The van der Waals surface area contributed by atoms with Crippen LogP contribution in [-0.2, 0) is 16.2 Å². The van der Waals surface area contributed by atoms with Gasteiger partial charge in [-0.15, -0.1) is 0 Å². The van der Waals surface area contributed by atoms with E-state index in [1.165, 1.54) is 12.1 Å². The van der Waals surface area contributed by atoms with E-state index in [-0.39, 0.29) is 30.6 Å². The molecule has 0 bridgehead atoms. The van der Waals surface area contributed by atoms with Crippen LogP contribution in [0.5, 0.6) is 5.75 Å². The van der Waals surface area contributed by atoms with Gasteiger partial charge in [0.25, 0.3) is 0 Å². The van der Waals surface area contributed by atoms with E-state index < -0.39 is 11.9 Å². The molecule has 0 aromatic heterocycles. The van der Waals surface area contributed by atoms with Crippen LogP contribution < -0.4 is 9.64 Å². The average molecular weight is 419 g/mol. The number of halogens is 1. The Balaban J connectivity index is 1.53. The second-order valence-corrected chi connectivity index (χ2v) is 7.51. The predicted octanol–water partition coefficient (Wildman–Crippen LogP) is 4.97. The van der Waals surface area contributed by atoms with Crippen LogP contribution in [0.3, 0.4) is 0 Å². The lowest BCUT2D eigenvalue weighted by Crippen LogP contribution is -2.55. The summed E-state index contributed by atoms with van der Waals surface area (Å²) in [7, 11) is 0. The molecule has 0 aliphatic carbocycles. The number of anilines is 1. The highest BCUT2D eigenvalue weighted by molar-refractivity contribution is 6.03. The molecule has 6 heteroatoms. The molecule has 31 heavy (non-hydrogen) atoms. The van der Waals surface area contributed by atoms with Crippen molar-refractivity contribution in [3.8, 4) is 5.75 Å². The van der Waals surface area contributed by atoms with Crippen LogP contribution in [0.2, 0.25) is 0 Å². The molecule has 1 N–H and O–H groups in total. The Kier molecular flexibility index (Phi) is 5.98. The lowest BCUT2D eigenvalue weighted by molar-refractivity contribution is -0.138. The lowest BCUT2D eigenvalue weighted by atomic mass is 9.79. The largest absolute Gasteiger partial charge is 0.489 e. The van der Waals surface area contributed by atoms with Gasteiger partial charge in [0.05, 0.1) is 12.0 Å². The summed E-state index contributed by atoms with van der Waals surface area (Å²) in [6, 6.07) is 22.7. The van der Waals surface area contributed by atoms with E-state index in [0.29, 0.717) is 18.0 Å². The van der Waals surface area contributed by atoms with Gasteiger partial charge in [0, 0.05) is 12.1 Å². The standard InChI is InChI=1S/C25H22FNO4/c26-19-8-10-20(11-9-19)27-24(22(25(27)30)14-15-23(28)29)18-6-12-21(13-7-18)31-16-17-4-2-1-3-5-17/h1-13,22,24H,14-16H2,(H,28,29)/t22?,24-/m1/s1. The van der Waals surface area contributed by atoms with Crippen LogP contribution in [-0.4, -0.2) is 17.0 Å². The van der Waals surface area contributed by atoms with Crippen LogP contribution in [0.25, 0.3) is 0 Å². The van der Waals surface area contributed by atoms with E-state index in [2.05, 4.69) is 0 Å². The van der Waals surface area contributed by atoms with Crippen molar-refractivity contribution in [2.75, 3.05) is 4.90 Å². The summed E-state index contributed by atoms with van der Waals surface area (Å²) in [5.41, 5.74) is 2.53. The lowest BCUT2D eigenvalue weighted by Gasteiger charge is -2.47. The first-order chi connectivity index (χ1) is 15.0.